The minimum atomic E-state index is 0.458. The van der Waals surface area contributed by atoms with Gasteiger partial charge in [0, 0.05) is 57.7 Å². The smallest absolute Gasteiger partial charge is 0.318 e. The molecule has 0 aliphatic carbocycles. The lowest BCUT2D eigenvalue weighted by Crippen LogP contribution is -2.48. The summed E-state index contributed by atoms with van der Waals surface area (Å²) in [6, 6.07) is 2.50. The van der Waals surface area contributed by atoms with E-state index in [1.807, 2.05) is 13.0 Å². The molecule has 6 heteroatoms. The maximum absolute atomic E-state index is 5.44. The van der Waals surface area contributed by atoms with Gasteiger partial charge in [-0.1, -0.05) is 0 Å². The average molecular weight is 306 g/mol. The van der Waals surface area contributed by atoms with Crippen LogP contribution in [0.4, 0.5) is 5.82 Å². The molecule has 2 saturated heterocycles. The topological polar surface area (TPSA) is 50.7 Å². The van der Waals surface area contributed by atoms with Crippen molar-refractivity contribution in [1.82, 2.24) is 14.9 Å². The van der Waals surface area contributed by atoms with Crippen LogP contribution in [0.15, 0.2) is 6.07 Å². The molecule has 0 saturated carbocycles. The summed E-state index contributed by atoms with van der Waals surface area (Å²) in [5.41, 5.74) is 0.950. The Kier molecular flexibility index (Phi) is 5.10. The zero-order chi connectivity index (χ0) is 15.4. The lowest BCUT2D eigenvalue weighted by molar-refractivity contribution is 0.0517. The maximum atomic E-state index is 5.44. The van der Waals surface area contributed by atoms with E-state index in [1.165, 1.54) is 19.4 Å². The lowest BCUT2D eigenvalue weighted by atomic mass is 9.99. The van der Waals surface area contributed by atoms with Gasteiger partial charge in [-0.2, -0.15) is 4.98 Å². The van der Waals surface area contributed by atoms with E-state index in [2.05, 4.69) is 19.8 Å². The van der Waals surface area contributed by atoms with Crippen molar-refractivity contribution in [3.63, 3.8) is 0 Å². The van der Waals surface area contributed by atoms with Crippen molar-refractivity contribution in [1.29, 1.82) is 0 Å². The maximum Gasteiger partial charge on any atom is 0.318 e. The van der Waals surface area contributed by atoms with Crippen LogP contribution in [-0.2, 0) is 4.74 Å². The van der Waals surface area contributed by atoms with Gasteiger partial charge in [-0.05, 0) is 25.7 Å². The highest BCUT2D eigenvalue weighted by molar-refractivity contribution is 5.41. The number of ether oxygens (including phenoxy) is 2. The molecule has 0 aromatic carbocycles. The summed E-state index contributed by atoms with van der Waals surface area (Å²) in [6.07, 6.45) is 2.42. The van der Waals surface area contributed by atoms with E-state index >= 15 is 0 Å². The highest BCUT2D eigenvalue weighted by atomic mass is 16.5. The van der Waals surface area contributed by atoms with Crippen LogP contribution in [0.3, 0.4) is 0 Å². The summed E-state index contributed by atoms with van der Waals surface area (Å²) in [6.45, 7) is 9.30. The lowest BCUT2D eigenvalue weighted by Gasteiger charge is -2.37. The number of methoxy groups -OCH3 is 1. The van der Waals surface area contributed by atoms with Gasteiger partial charge >= 0.3 is 6.01 Å². The monoisotopic (exact) mass is 306 g/mol. The van der Waals surface area contributed by atoms with Crippen LogP contribution in [0.1, 0.15) is 18.5 Å². The highest BCUT2D eigenvalue weighted by Crippen LogP contribution is 2.20. The molecule has 0 radical (unpaired) electrons. The number of nitrogens with zero attached hydrogens (tertiary/aromatic N) is 4. The number of piperazine rings is 1. The molecule has 0 N–H and O–H groups in total. The van der Waals surface area contributed by atoms with Crippen molar-refractivity contribution in [3.8, 4) is 6.01 Å². The molecule has 2 aliphatic rings. The van der Waals surface area contributed by atoms with Crippen molar-refractivity contribution in [2.75, 3.05) is 57.9 Å². The highest BCUT2D eigenvalue weighted by Gasteiger charge is 2.22. The van der Waals surface area contributed by atoms with Crippen LogP contribution >= 0.6 is 0 Å². The summed E-state index contributed by atoms with van der Waals surface area (Å²) in [5, 5.41) is 0. The Morgan fingerprint density at radius 3 is 2.59 bits per heavy atom. The molecular weight excluding hydrogens is 280 g/mol. The molecule has 1 aromatic heterocycles. The molecule has 0 amide bonds. The number of anilines is 1. The Labute approximate surface area is 132 Å². The molecule has 2 fully saturated rings. The van der Waals surface area contributed by atoms with Crippen LogP contribution in [0.2, 0.25) is 0 Å². The van der Waals surface area contributed by atoms with Crippen LogP contribution in [-0.4, -0.2) is 67.9 Å². The van der Waals surface area contributed by atoms with Gasteiger partial charge < -0.3 is 14.4 Å². The van der Waals surface area contributed by atoms with E-state index in [0.717, 1.165) is 56.8 Å². The second kappa shape index (κ2) is 7.24. The predicted octanol–water partition coefficient (Wildman–Crippen LogP) is 1.34. The normalized spacial score (nSPS) is 21.1. The van der Waals surface area contributed by atoms with Gasteiger partial charge in [-0.3, -0.25) is 4.90 Å². The number of aryl methyl sites for hydroxylation is 1. The van der Waals surface area contributed by atoms with Gasteiger partial charge in [-0.25, -0.2) is 4.98 Å². The van der Waals surface area contributed by atoms with E-state index < -0.39 is 0 Å². The van der Waals surface area contributed by atoms with E-state index in [0.29, 0.717) is 6.01 Å². The summed E-state index contributed by atoms with van der Waals surface area (Å²) in [7, 11) is 1.62. The molecule has 3 heterocycles. The third-order valence-corrected chi connectivity index (χ3v) is 4.56. The van der Waals surface area contributed by atoms with Crippen molar-refractivity contribution in [2.45, 2.75) is 19.8 Å². The van der Waals surface area contributed by atoms with Crippen LogP contribution in [0.25, 0.3) is 0 Å². The Morgan fingerprint density at radius 2 is 1.91 bits per heavy atom. The number of rotatable bonds is 4. The van der Waals surface area contributed by atoms with E-state index in [1.54, 1.807) is 7.11 Å². The van der Waals surface area contributed by atoms with Gasteiger partial charge in [-0.15, -0.1) is 0 Å². The molecule has 122 valence electrons. The first-order chi connectivity index (χ1) is 10.7. The molecule has 2 aliphatic heterocycles. The van der Waals surface area contributed by atoms with E-state index in [-0.39, 0.29) is 0 Å². The fourth-order valence-electron chi connectivity index (χ4n) is 3.23. The average Bonchev–Trinajstić information content (AvgIpc) is 2.56. The molecule has 3 rings (SSSR count). The zero-order valence-corrected chi connectivity index (χ0v) is 13.6. The fourth-order valence-corrected chi connectivity index (χ4v) is 3.23. The number of hydrogen-bond acceptors (Lipinski definition) is 6. The molecule has 0 bridgehead atoms. The van der Waals surface area contributed by atoms with Crippen molar-refractivity contribution in [3.05, 3.63) is 11.8 Å². The summed E-state index contributed by atoms with van der Waals surface area (Å²) >= 11 is 0. The standard InChI is InChI=1S/C16H26N4O2/c1-13-11-15(18-16(17-13)21-2)20-7-5-19(6-8-20)12-14-3-9-22-10-4-14/h11,14H,3-10,12H2,1-2H3. The van der Waals surface area contributed by atoms with Gasteiger partial charge in [0.25, 0.3) is 0 Å². The van der Waals surface area contributed by atoms with E-state index in [4.69, 9.17) is 9.47 Å². The minimum absolute atomic E-state index is 0.458. The Balaban J connectivity index is 1.53. The van der Waals surface area contributed by atoms with Crippen molar-refractivity contribution in [2.24, 2.45) is 5.92 Å². The Hall–Kier alpha value is -1.40. The number of aromatic nitrogens is 2. The SMILES string of the molecule is COc1nc(C)cc(N2CCN(CC3CCOCC3)CC2)n1. The molecule has 1 aromatic rings. The van der Waals surface area contributed by atoms with Crippen LogP contribution in [0, 0.1) is 12.8 Å². The second-order valence-corrected chi connectivity index (χ2v) is 6.20. The van der Waals surface area contributed by atoms with Crippen molar-refractivity contribution < 1.29 is 9.47 Å². The molecule has 6 nitrogen and oxygen atoms in total. The fraction of sp³-hybridized carbons (Fsp3) is 0.750. The summed E-state index contributed by atoms with van der Waals surface area (Å²) in [4.78, 5) is 13.6. The third-order valence-electron chi connectivity index (χ3n) is 4.56. The zero-order valence-electron chi connectivity index (χ0n) is 13.6. The largest absolute Gasteiger partial charge is 0.467 e. The minimum Gasteiger partial charge on any atom is -0.467 e. The molecule has 22 heavy (non-hydrogen) atoms. The van der Waals surface area contributed by atoms with Gasteiger partial charge in [0.05, 0.1) is 7.11 Å². The first kappa shape index (κ1) is 15.5. The van der Waals surface area contributed by atoms with E-state index in [9.17, 15) is 0 Å². The molecule has 0 atom stereocenters. The summed E-state index contributed by atoms with van der Waals surface area (Å²) < 4.78 is 10.6. The first-order valence-corrected chi connectivity index (χ1v) is 8.19. The van der Waals surface area contributed by atoms with Crippen molar-refractivity contribution >= 4 is 5.82 Å². The predicted molar refractivity (Wildman–Crippen MR) is 85.5 cm³/mol. The molecule has 0 unspecified atom stereocenters. The van der Waals surface area contributed by atoms with Gasteiger partial charge in [0.15, 0.2) is 0 Å². The third kappa shape index (κ3) is 3.87. The quantitative estimate of drug-likeness (QED) is 0.837. The molecule has 0 spiro atoms. The number of hydrogen-bond donors (Lipinski definition) is 0. The summed E-state index contributed by atoms with van der Waals surface area (Å²) in [5.74, 6) is 1.79. The van der Waals surface area contributed by atoms with Crippen LogP contribution < -0.4 is 9.64 Å². The second-order valence-electron chi connectivity index (χ2n) is 6.20. The Bertz CT molecular complexity index is 483. The molecular formula is C16H26N4O2. The van der Waals surface area contributed by atoms with Gasteiger partial charge in [0.1, 0.15) is 5.82 Å². The van der Waals surface area contributed by atoms with Crippen LogP contribution in [0.5, 0.6) is 6.01 Å². The first-order valence-electron chi connectivity index (χ1n) is 8.19. The Morgan fingerprint density at radius 1 is 1.18 bits per heavy atom. The van der Waals surface area contributed by atoms with Gasteiger partial charge in [0.2, 0.25) is 0 Å².